The fourth-order valence-corrected chi connectivity index (χ4v) is 3.62. The molecule has 2 heterocycles. The third-order valence-corrected chi connectivity index (χ3v) is 5.10. The van der Waals surface area contributed by atoms with Gasteiger partial charge in [-0.2, -0.15) is 4.98 Å². The molecule has 0 N–H and O–H groups in total. The molecule has 3 aromatic rings. The highest BCUT2D eigenvalue weighted by molar-refractivity contribution is 7.19. The third kappa shape index (κ3) is 4.27. The molecular formula is C18H15ClFNO3S. The van der Waals surface area contributed by atoms with Crippen LogP contribution in [0.5, 0.6) is 5.88 Å². The van der Waals surface area contributed by atoms with Gasteiger partial charge in [0.2, 0.25) is 0 Å². The average molecular weight is 380 g/mol. The number of rotatable bonds is 6. The molecule has 25 heavy (non-hydrogen) atoms. The molecule has 0 aliphatic rings. The third-order valence-electron chi connectivity index (χ3n) is 3.84. The molecule has 3 rings (SSSR count). The van der Waals surface area contributed by atoms with Gasteiger partial charge in [0.15, 0.2) is 12.7 Å². The lowest BCUT2D eigenvalue weighted by atomic mass is 9.92. The van der Waals surface area contributed by atoms with E-state index < -0.39 is 5.97 Å². The number of hydrogen-bond donors (Lipinski definition) is 0. The summed E-state index contributed by atoms with van der Waals surface area (Å²) in [6.45, 7) is 1.94. The molecular weight excluding hydrogens is 365 g/mol. The maximum absolute atomic E-state index is 14.5. The normalized spacial score (nSPS) is 12.1. The van der Waals surface area contributed by atoms with Gasteiger partial charge in [-0.1, -0.05) is 30.7 Å². The smallest absolute Gasteiger partial charge is 0.313 e. The fourth-order valence-electron chi connectivity index (χ4n) is 2.55. The van der Waals surface area contributed by atoms with Gasteiger partial charge in [0.25, 0.3) is 5.88 Å². The SMILES string of the molecule is CCC(CC(=O)Oc1cocn1)c1ccc(-c2ccc(Cl)s2)c(F)c1. The minimum absolute atomic E-state index is 0.121. The van der Waals surface area contributed by atoms with Crippen LogP contribution in [-0.4, -0.2) is 11.0 Å². The number of ether oxygens (including phenoxy) is 1. The van der Waals surface area contributed by atoms with E-state index in [2.05, 4.69) is 4.98 Å². The van der Waals surface area contributed by atoms with Crippen LogP contribution in [0.3, 0.4) is 0 Å². The molecule has 1 unspecified atom stereocenters. The van der Waals surface area contributed by atoms with E-state index >= 15 is 0 Å². The topological polar surface area (TPSA) is 52.3 Å². The van der Waals surface area contributed by atoms with Gasteiger partial charge in [-0.25, -0.2) is 4.39 Å². The zero-order valence-corrected chi connectivity index (χ0v) is 14.9. The van der Waals surface area contributed by atoms with Crippen LogP contribution in [0.4, 0.5) is 4.39 Å². The monoisotopic (exact) mass is 379 g/mol. The summed E-state index contributed by atoms with van der Waals surface area (Å²) in [5.74, 6) is -0.791. The molecule has 130 valence electrons. The first kappa shape index (κ1) is 17.6. The van der Waals surface area contributed by atoms with Gasteiger partial charge in [-0.3, -0.25) is 4.79 Å². The van der Waals surface area contributed by atoms with Crippen LogP contribution in [0.15, 0.2) is 47.4 Å². The van der Waals surface area contributed by atoms with Crippen molar-refractivity contribution >= 4 is 28.9 Å². The summed E-state index contributed by atoms with van der Waals surface area (Å²) >= 11 is 7.24. The highest BCUT2D eigenvalue weighted by Crippen LogP contribution is 2.34. The molecule has 7 heteroatoms. The number of oxazole rings is 1. The first-order valence-corrected chi connectivity index (χ1v) is 8.90. The molecule has 0 spiro atoms. The molecule has 1 aromatic carbocycles. The van der Waals surface area contributed by atoms with Crippen molar-refractivity contribution in [1.29, 1.82) is 0 Å². The first-order valence-electron chi connectivity index (χ1n) is 7.71. The van der Waals surface area contributed by atoms with E-state index in [1.165, 1.54) is 30.1 Å². The Morgan fingerprint density at radius 3 is 2.84 bits per heavy atom. The summed E-state index contributed by atoms with van der Waals surface area (Å²) in [6, 6.07) is 8.56. The Labute approximate surface area is 153 Å². The molecule has 0 radical (unpaired) electrons. The molecule has 0 fully saturated rings. The molecule has 0 saturated carbocycles. The van der Waals surface area contributed by atoms with Crippen LogP contribution in [0.1, 0.15) is 31.2 Å². The first-order chi connectivity index (χ1) is 12.1. The van der Waals surface area contributed by atoms with Crippen molar-refractivity contribution in [3.8, 4) is 16.3 Å². The molecule has 0 amide bonds. The molecule has 4 nitrogen and oxygen atoms in total. The van der Waals surface area contributed by atoms with E-state index in [9.17, 15) is 9.18 Å². The van der Waals surface area contributed by atoms with E-state index in [4.69, 9.17) is 20.8 Å². The number of nitrogens with zero attached hydrogens (tertiary/aromatic N) is 1. The highest BCUT2D eigenvalue weighted by Gasteiger charge is 2.19. The van der Waals surface area contributed by atoms with E-state index in [0.717, 1.165) is 10.4 Å². The number of aromatic nitrogens is 1. The standard InChI is InChI=1S/C18H15ClFNO3S/c1-2-11(8-18(22)24-17-9-23-10-21-17)12-3-4-13(14(20)7-12)15-5-6-16(19)25-15/h3-7,9-11H,2,8H2,1H3. The lowest BCUT2D eigenvalue weighted by molar-refractivity contribution is -0.135. The van der Waals surface area contributed by atoms with E-state index in [1.54, 1.807) is 18.2 Å². The molecule has 0 aliphatic heterocycles. The van der Waals surface area contributed by atoms with Crippen LogP contribution in [0.2, 0.25) is 4.34 Å². The van der Waals surface area contributed by atoms with Gasteiger partial charge in [-0.15, -0.1) is 11.3 Å². The zero-order chi connectivity index (χ0) is 17.8. The maximum atomic E-state index is 14.5. The van der Waals surface area contributed by atoms with Crippen molar-refractivity contribution < 1.29 is 18.3 Å². The molecule has 0 saturated heterocycles. The Morgan fingerprint density at radius 1 is 1.40 bits per heavy atom. The Hall–Kier alpha value is -2.18. The number of thiophene rings is 1. The maximum Gasteiger partial charge on any atom is 0.313 e. The minimum Gasteiger partial charge on any atom is -0.448 e. The lowest BCUT2D eigenvalue weighted by Gasteiger charge is -2.15. The predicted molar refractivity (Wildman–Crippen MR) is 94.5 cm³/mol. The van der Waals surface area contributed by atoms with Gasteiger partial charge in [0, 0.05) is 10.4 Å². The second kappa shape index (κ2) is 7.80. The van der Waals surface area contributed by atoms with Crippen molar-refractivity contribution in [3.63, 3.8) is 0 Å². The predicted octanol–water partition coefficient (Wildman–Crippen LogP) is 5.68. The van der Waals surface area contributed by atoms with Gasteiger partial charge in [0.1, 0.15) is 5.82 Å². The number of carbonyl (C=O) groups excluding carboxylic acids is 1. The Bertz CT molecular complexity index is 863. The van der Waals surface area contributed by atoms with Crippen molar-refractivity contribution in [2.45, 2.75) is 25.7 Å². The summed E-state index contributed by atoms with van der Waals surface area (Å²) in [7, 11) is 0. The van der Waals surface area contributed by atoms with Crippen molar-refractivity contribution in [2.24, 2.45) is 0 Å². The average Bonchev–Trinajstić information content (AvgIpc) is 3.24. The molecule has 1 atom stereocenters. The Balaban J connectivity index is 1.74. The quantitative estimate of drug-likeness (QED) is 0.516. The molecule has 2 aromatic heterocycles. The van der Waals surface area contributed by atoms with Crippen LogP contribution < -0.4 is 4.74 Å². The summed E-state index contributed by atoms with van der Waals surface area (Å²) in [4.78, 5) is 16.5. The van der Waals surface area contributed by atoms with Gasteiger partial charge in [0.05, 0.1) is 10.8 Å². The highest BCUT2D eigenvalue weighted by atomic mass is 35.5. The van der Waals surface area contributed by atoms with Gasteiger partial charge >= 0.3 is 5.97 Å². The second-order valence-electron chi connectivity index (χ2n) is 5.45. The number of halogens is 2. The van der Waals surface area contributed by atoms with Gasteiger partial charge < -0.3 is 9.15 Å². The van der Waals surface area contributed by atoms with Crippen molar-refractivity contribution in [1.82, 2.24) is 4.98 Å². The number of hydrogen-bond acceptors (Lipinski definition) is 5. The fraction of sp³-hybridized carbons (Fsp3) is 0.222. The minimum atomic E-state index is -0.435. The van der Waals surface area contributed by atoms with Gasteiger partial charge in [-0.05, 0) is 36.1 Å². The summed E-state index contributed by atoms with van der Waals surface area (Å²) in [5.41, 5.74) is 1.25. The molecule has 0 bridgehead atoms. The Kier molecular flexibility index (Phi) is 5.50. The number of esters is 1. The second-order valence-corrected chi connectivity index (χ2v) is 7.17. The Morgan fingerprint density at radius 2 is 2.24 bits per heavy atom. The summed E-state index contributed by atoms with van der Waals surface area (Å²) < 4.78 is 25.0. The largest absolute Gasteiger partial charge is 0.448 e. The van der Waals surface area contributed by atoms with E-state index in [-0.39, 0.29) is 24.0 Å². The lowest BCUT2D eigenvalue weighted by Crippen LogP contribution is -2.13. The van der Waals surface area contributed by atoms with E-state index in [0.29, 0.717) is 16.3 Å². The van der Waals surface area contributed by atoms with Crippen LogP contribution >= 0.6 is 22.9 Å². The van der Waals surface area contributed by atoms with Crippen molar-refractivity contribution in [2.75, 3.05) is 0 Å². The zero-order valence-electron chi connectivity index (χ0n) is 13.4. The van der Waals surface area contributed by atoms with Crippen LogP contribution in [-0.2, 0) is 4.79 Å². The number of carbonyl (C=O) groups is 1. The van der Waals surface area contributed by atoms with E-state index in [1.807, 2.05) is 13.0 Å². The summed E-state index contributed by atoms with van der Waals surface area (Å²) in [6.07, 6.45) is 3.24. The summed E-state index contributed by atoms with van der Waals surface area (Å²) in [5, 5.41) is 0. The van der Waals surface area contributed by atoms with Crippen LogP contribution in [0.25, 0.3) is 10.4 Å². The number of benzene rings is 1. The van der Waals surface area contributed by atoms with Crippen molar-refractivity contribution in [3.05, 3.63) is 58.7 Å². The molecule has 0 aliphatic carbocycles. The van der Waals surface area contributed by atoms with Crippen LogP contribution in [0, 0.1) is 5.82 Å².